The average molecular weight is 261 g/mol. The van der Waals surface area contributed by atoms with Gasteiger partial charge in [-0.1, -0.05) is 6.92 Å². The molecule has 0 radical (unpaired) electrons. The van der Waals surface area contributed by atoms with E-state index in [0.717, 1.165) is 5.69 Å². The maximum atomic E-state index is 11.6. The Kier molecular flexibility index (Phi) is 3.74. The van der Waals surface area contributed by atoms with Gasteiger partial charge in [-0.2, -0.15) is 10.2 Å². The molecule has 2 aromatic rings. The Labute approximate surface area is 110 Å². The minimum Gasteiger partial charge on any atom is -0.464 e. The lowest BCUT2D eigenvalue weighted by atomic mass is 10.3. The molecule has 19 heavy (non-hydrogen) atoms. The minimum absolute atomic E-state index is 0.142. The number of anilines is 1. The van der Waals surface area contributed by atoms with Crippen molar-refractivity contribution in [1.82, 2.24) is 19.7 Å². The molecule has 0 atom stereocenters. The smallest absolute Gasteiger partial charge is 0.360 e. The molecule has 0 saturated carbocycles. The molecule has 0 saturated heterocycles. The predicted octanol–water partition coefficient (Wildman–Crippen LogP) is 0.653. The van der Waals surface area contributed by atoms with Crippen molar-refractivity contribution < 1.29 is 9.53 Å². The number of aromatic nitrogens is 4. The number of nitrogen functional groups attached to an aromatic ring is 1. The number of nitrogens with zero attached hydrogens (tertiary/aromatic N) is 4. The number of hydrogen-bond donors (Lipinski definition) is 1. The molecule has 0 aromatic carbocycles. The van der Waals surface area contributed by atoms with E-state index in [0.29, 0.717) is 18.8 Å². The van der Waals surface area contributed by atoms with Crippen LogP contribution in [0.3, 0.4) is 0 Å². The number of rotatable bonds is 4. The molecule has 0 amide bonds. The van der Waals surface area contributed by atoms with Crippen LogP contribution >= 0.6 is 0 Å². The Morgan fingerprint density at radius 2 is 2.32 bits per heavy atom. The molecule has 2 N–H and O–H groups in total. The first-order valence-electron chi connectivity index (χ1n) is 5.87. The zero-order valence-corrected chi connectivity index (χ0v) is 10.8. The summed E-state index contributed by atoms with van der Waals surface area (Å²) in [5, 5.41) is 7.80. The highest BCUT2D eigenvalue weighted by Gasteiger charge is 2.20. The second-order valence-electron chi connectivity index (χ2n) is 3.91. The predicted molar refractivity (Wildman–Crippen MR) is 68.5 cm³/mol. The van der Waals surface area contributed by atoms with Gasteiger partial charge >= 0.3 is 5.97 Å². The third kappa shape index (κ3) is 2.54. The second kappa shape index (κ2) is 5.47. The molecule has 0 fully saturated rings. The number of esters is 1. The zero-order valence-electron chi connectivity index (χ0n) is 10.8. The topological polar surface area (TPSA) is 95.9 Å². The monoisotopic (exact) mass is 261 g/mol. The highest BCUT2D eigenvalue weighted by molar-refractivity contribution is 5.92. The van der Waals surface area contributed by atoms with E-state index in [2.05, 4.69) is 19.9 Å². The Hall–Kier alpha value is -2.44. The van der Waals surface area contributed by atoms with Gasteiger partial charge in [0.05, 0.1) is 19.3 Å². The first-order valence-corrected chi connectivity index (χ1v) is 5.87. The van der Waals surface area contributed by atoms with Crippen molar-refractivity contribution in [2.45, 2.75) is 19.9 Å². The van der Waals surface area contributed by atoms with Crippen LogP contribution in [-0.4, -0.2) is 32.8 Å². The summed E-state index contributed by atoms with van der Waals surface area (Å²) in [7, 11) is 1.30. The van der Waals surface area contributed by atoms with Gasteiger partial charge in [-0.15, -0.1) is 0 Å². The summed E-state index contributed by atoms with van der Waals surface area (Å²) in [4.78, 5) is 15.8. The van der Waals surface area contributed by atoms with Crippen LogP contribution in [0.4, 0.5) is 5.82 Å². The largest absolute Gasteiger partial charge is 0.464 e. The summed E-state index contributed by atoms with van der Waals surface area (Å²) in [5.74, 6) is 0.461. The number of ether oxygens (including phenoxy) is 1. The van der Waals surface area contributed by atoms with Gasteiger partial charge < -0.3 is 15.0 Å². The van der Waals surface area contributed by atoms with Crippen molar-refractivity contribution in [3.05, 3.63) is 35.5 Å². The summed E-state index contributed by atoms with van der Waals surface area (Å²) >= 11 is 0. The van der Waals surface area contributed by atoms with Crippen LogP contribution in [0.1, 0.15) is 28.9 Å². The van der Waals surface area contributed by atoms with Crippen LogP contribution in [0.25, 0.3) is 0 Å². The van der Waals surface area contributed by atoms with Crippen molar-refractivity contribution in [2.24, 2.45) is 0 Å². The van der Waals surface area contributed by atoms with Crippen molar-refractivity contribution in [1.29, 1.82) is 0 Å². The molecule has 0 spiro atoms. The summed E-state index contributed by atoms with van der Waals surface area (Å²) in [6.45, 7) is 2.36. The van der Waals surface area contributed by atoms with Gasteiger partial charge in [0.2, 0.25) is 0 Å². The molecule has 2 aromatic heterocycles. The van der Waals surface area contributed by atoms with E-state index < -0.39 is 5.97 Å². The maximum absolute atomic E-state index is 11.6. The summed E-state index contributed by atoms with van der Waals surface area (Å²) in [6.07, 6.45) is 2.25. The molecule has 2 heterocycles. The molecular weight excluding hydrogens is 246 g/mol. The van der Waals surface area contributed by atoms with Crippen molar-refractivity contribution in [2.75, 3.05) is 12.8 Å². The molecule has 0 bridgehead atoms. The quantitative estimate of drug-likeness (QED) is 0.812. The van der Waals surface area contributed by atoms with Crippen molar-refractivity contribution in [3.8, 4) is 0 Å². The SMILES string of the molecule is CCc1nc(C(=O)OC)c(N)n1Cc1cccnn1. The average Bonchev–Trinajstić information content (AvgIpc) is 2.76. The molecule has 0 aliphatic heterocycles. The molecular formula is C12H15N5O2. The van der Waals surface area contributed by atoms with Crippen LogP contribution in [0, 0.1) is 0 Å². The molecule has 7 nitrogen and oxygen atoms in total. The lowest BCUT2D eigenvalue weighted by Crippen LogP contribution is -2.11. The van der Waals surface area contributed by atoms with Gasteiger partial charge in [-0.25, -0.2) is 9.78 Å². The van der Waals surface area contributed by atoms with Crippen molar-refractivity contribution >= 4 is 11.8 Å². The van der Waals surface area contributed by atoms with E-state index in [1.165, 1.54) is 7.11 Å². The van der Waals surface area contributed by atoms with Gasteiger partial charge in [-0.3, -0.25) is 0 Å². The summed E-state index contributed by atoms with van der Waals surface area (Å²) in [5.41, 5.74) is 6.85. The zero-order chi connectivity index (χ0) is 13.8. The number of methoxy groups -OCH3 is 1. The van der Waals surface area contributed by atoms with Gasteiger partial charge in [-0.05, 0) is 12.1 Å². The standard InChI is InChI=1S/C12H15N5O2/c1-3-9-15-10(12(18)19-2)11(13)17(9)7-8-5-4-6-14-16-8/h4-6H,3,7,13H2,1-2H3. The van der Waals surface area contributed by atoms with E-state index in [1.807, 2.05) is 13.0 Å². The normalized spacial score (nSPS) is 10.4. The highest BCUT2D eigenvalue weighted by atomic mass is 16.5. The van der Waals surface area contributed by atoms with E-state index in [-0.39, 0.29) is 11.5 Å². The first kappa shape index (κ1) is 13.0. The lowest BCUT2D eigenvalue weighted by molar-refractivity contribution is 0.0595. The number of carbonyl (C=O) groups is 1. The fourth-order valence-electron chi connectivity index (χ4n) is 1.79. The Morgan fingerprint density at radius 3 is 2.89 bits per heavy atom. The van der Waals surface area contributed by atoms with Crippen LogP contribution in [0.2, 0.25) is 0 Å². The Balaban J connectivity index is 2.39. The van der Waals surface area contributed by atoms with E-state index in [4.69, 9.17) is 5.73 Å². The number of nitrogens with two attached hydrogens (primary N) is 1. The fraction of sp³-hybridized carbons (Fsp3) is 0.333. The number of carbonyl (C=O) groups excluding carboxylic acids is 1. The maximum Gasteiger partial charge on any atom is 0.360 e. The minimum atomic E-state index is -0.537. The van der Waals surface area contributed by atoms with Crippen LogP contribution < -0.4 is 5.73 Å². The molecule has 0 unspecified atom stereocenters. The van der Waals surface area contributed by atoms with Crippen LogP contribution in [-0.2, 0) is 17.7 Å². The highest BCUT2D eigenvalue weighted by Crippen LogP contribution is 2.17. The van der Waals surface area contributed by atoms with Crippen LogP contribution in [0.5, 0.6) is 0 Å². The van der Waals surface area contributed by atoms with Gasteiger partial charge in [0, 0.05) is 12.6 Å². The molecule has 0 aliphatic rings. The van der Waals surface area contributed by atoms with E-state index in [1.54, 1.807) is 16.8 Å². The molecule has 100 valence electrons. The summed E-state index contributed by atoms with van der Waals surface area (Å²) < 4.78 is 6.40. The molecule has 0 aliphatic carbocycles. The first-order chi connectivity index (χ1) is 9.17. The Morgan fingerprint density at radius 1 is 1.53 bits per heavy atom. The molecule has 7 heteroatoms. The third-order valence-corrected chi connectivity index (χ3v) is 2.73. The van der Waals surface area contributed by atoms with E-state index >= 15 is 0 Å². The van der Waals surface area contributed by atoms with E-state index in [9.17, 15) is 4.79 Å². The second-order valence-corrected chi connectivity index (χ2v) is 3.91. The summed E-state index contributed by atoms with van der Waals surface area (Å²) in [6, 6.07) is 3.63. The van der Waals surface area contributed by atoms with Crippen molar-refractivity contribution in [3.63, 3.8) is 0 Å². The molecule has 2 rings (SSSR count). The number of aryl methyl sites for hydroxylation is 1. The van der Waals surface area contributed by atoms with Gasteiger partial charge in [0.15, 0.2) is 5.69 Å². The lowest BCUT2D eigenvalue weighted by Gasteiger charge is -2.07. The number of hydrogen-bond acceptors (Lipinski definition) is 6. The number of imidazole rings is 1. The van der Waals surface area contributed by atoms with Gasteiger partial charge in [0.1, 0.15) is 11.6 Å². The fourth-order valence-corrected chi connectivity index (χ4v) is 1.79. The third-order valence-electron chi connectivity index (χ3n) is 2.73. The van der Waals surface area contributed by atoms with Gasteiger partial charge in [0.25, 0.3) is 0 Å². The Bertz CT molecular complexity index is 579. The van der Waals surface area contributed by atoms with Crippen LogP contribution in [0.15, 0.2) is 18.3 Å².